The monoisotopic (exact) mass is 411 g/mol. The van der Waals surface area contributed by atoms with Crippen LogP contribution in [-0.2, 0) is 11.3 Å². The zero-order valence-electron chi connectivity index (χ0n) is 15.9. The van der Waals surface area contributed by atoms with Crippen molar-refractivity contribution in [3.63, 3.8) is 0 Å². The Morgan fingerprint density at radius 3 is 2.59 bits per heavy atom. The molecule has 4 rings (SSSR count). The zero-order chi connectivity index (χ0) is 20.4. The van der Waals surface area contributed by atoms with Gasteiger partial charge in [0.25, 0.3) is 5.91 Å². The van der Waals surface area contributed by atoms with Gasteiger partial charge in [-0.3, -0.25) is 4.79 Å². The van der Waals surface area contributed by atoms with Crippen LogP contribution in [0.5, 0.6) is 0 Å². The van der Waals surface area contributed by atoms with Crippen LogP contribution in [0, 0.1) is 5.82 Å². The molecule has 4 nitrogen and oxygen atoms in total. The third-order valence-electron chi connectivity index (χ3n) is 5.57. The maximum atomic E-state index is 14.2. The number of hydrogen-bond donors (Lipinski definition) is 1. The van der Waals surface area contributed by atoms with E-state index in [1.165, 1.54) is 18.2 Å². The lowest BCUT2D eigenvalue weighted by molar-refractivity contribution is -0.130. The summed E-state index contributed by atoms with van der Waals surface area (Å²) in [6.45, 7) is 0.266. The van der Waals surface area contributed by atoms with E-state index in [-0.39, 0.29) is 29.9 Å². The second kappa shape index (κ2) is 8.41. The highest BCUT2D eigenvalue weighted by molar-refractivity contribution is 8.04. The van der Waals surface area contributed by atoms with Gasteiger partial charge in [0.2, 0.25) is 0 Å². The highest BCUT2D eigenvalue weighted by Gasteiger charge is 2.40. The van der Waals surface area contributed by atoms with Gasteiger partial charge in [-0.1, -0.05) is 43.2 Å². The smallest absolute Gasteiger partial charge is 0.335 e. The SMILES string of the molecule is O=C(O)c1ccc(/C=C2/SC3CCCCC3N(Cc3ccccc3F)C2=O)cc1. The van der Waals surface area contributed by atoms with Crippen LogP contribution >= 0.6 is 11.8 Å². The Labute approximate surface area is 173 Å². The largest absolute Gasteiger partial charge is 0.478 e. The maximum absolute atomic E-state index is 14.2. The molecule has 1 amide bonds. The molecule has 1 heterocycles. The molecule has 1 saturated heterocycles. The number of nitrogens with zero attached hydrogens (tertiary/aromatic N) is 1. The van der Waals surface area contributed by atoms with E-state index >= 15 is 0 Å². The van der Waals surface area contributed by atoms with E-state index in [0.29, 0.717) is 15.7 Å². The van der Waals surface area contributed by atoms with E-state index in [4.69, 9.17) is 5.11 Å². The van der Waals surface area contributed by atoms with Gasteiger partial charge in [0.05, 0.1) is 10.5 Å². The second-order valence-corrected chi connectivity index (χ2v) is 8.75. The average Bonchev–Trinajstić information content (AvgIpc) is 2.73. The van der Waals surface area contributed by atoms with Gasteiger partial charge in [-0.15, -0.1) is 11.8 Å². The van der Waals surface area contributed by atoms with E-state index in [0.717, 1.165) is 31.2 Å². The second-order valence-electron chi connectivity index (χ2n) is 7.47. The lowest BCUT2D eigenvalue weighted by atomic mass is 9.92. The zero-order valence-corrected chi connectivity index (χ0v) is 16.7. The fourth-order valence-corrected chi connectivity index (χ4v) is 5.52. The third kappa shape index (κ3) is 4.22. The molecule has 150 valence electrons. The molecule has 29 heavy (non-hydrogen) atoms. The minimum atomic E-state index is -0.978. The van der Waals surface area contributed by atoms with Crippen molar-refractivity contribution in [2.24, 2.45) is 0 Å². The molecule has 1 N–H and O–H groups in total. The van der Waals surface area contributed by atoms with Crippen LogP contribution in [0.3, 0.4) is 0 Å². The Balaban J connectivity index is 1.64. The first-order valence-corrected chi connectivity index (χ1v) is 10.7. The fourth-order valence-electron chi connectivity index (χ4n) is 4.05. The number of carbonyl (C=O) groups is 2. The van der Waals surface area contributed by atoms with Crippen molar-refractivity contribution in [3.8, 4) is 0 Å². The normalized spacial score (nSPS) is 23.1. The van der Waals surface area contributed by atoms with Crippen molar-refractivity contribution in [1.82, 2.24) is 4.90 Å². The minimum Gasteiger partial charge on any atom is -0.478 e. The predicted molar refractivity (Wildman–Crippen MR) is 112 cm³/mol. The lowest BCUT2D eigenvalue weighted by Gasteiger charge is -2.44. The topological polar surface area (TPSA) is 57.6 Å². The molecule has 2 aromatic rings. The van der Waals surface area contributed by atoms with E-state index in [1.54, 1.807) is 42.1 Å². The highest BCUT2D eigenvalue weighted by Crippen LogP contribution is 2.42. The number of halogens is 1. The highest BCUT2D eigenvalue weighted by atomic mass is 32.2. The molecular formula is C23H22FNO3S. The van der Waals surface area contributed by atoms with Gasteiger partial charge in [0, 0.05) is 23.4 Å². The Morgan fingerprint density at radius 1 is 1.14 bits per heavy atom. The van der Waals surface area contributed by atoms with Crippen molar-refractivity contribution in [2.45, 2.75) is 43.5 Å². The number of carboxylic acids is 1. The predicted octanol–water partition coefficient (Wildman–Crippen LogP) is 4.95. The Kier molecular flexibility index (Phi) is 5.72. The molecule has 1 aliphatic heterocycles. The molecule has 6 heteroatoms. The number of carboxylic acid groups (broad SMARTS) is 1. The van der Waals surface area contributed by atoms with Crippen LogP contribution in [0.4, 0.5) is 4.39 Å². The van der Waals surface area contributed by atoms with Crippen molar-refractivity contribution < 1.29 is 19.1 Å². The summed E-state index contributed by atoms with van der Waals surface area (Å²) < 4.78 is 14.2. The standard InChI is InChI=1S/C23H22FNO3S/c24-18-6-2-1-5-17(18)14-25-19-7-3-4-8-20(19)29-21(22(25)26)13-15-9-11-16(12-10-15)23(27)28/h1-2,5-6,9-13,19-20H,3-4,7-8,14H2,(H,27,28)/b21-13+. The number of rotatable bonds is 4. The fraction of sp³-hybridized carbons (Fsp3) is 0.304. The van der Waals surface area contributed by atoms with Gasteiger partial charge in [0.15, 0.2) is 0 Å². The Bertz CT molecular complexity index is 957. The summed E-state index contributed by atoms with van der Waals surface area (Å²) in [6.07, 6.45) is 6.01. The van der Waals surface area contributed by atoms with Gasteiger partial charge in [0.1, 0.15) is 5.82 Å². The van der Waals surface area contributed by atoms with Crippen molar-refractivity contribution in [3.05, 3.63) is 75.9 Å². The van der Waals surface area contributed by atoms with Crippen molar-refractivity contribution >= 4 is 29.7 Å². The number of carbonyl (C=O) groups excluding carboxylic acids is 1. The number of aromatic carboxylic acids is 1. The lowest BCUT2D eigenvalue weighted by Crippen LogP contribution is -2.50. The molecule has 2 atom stereocenters. The van der Waals surface area contributed by atoms with E-state index in [9.17, 15) is 14.0 Å². The molecule has 2 aliphatic rings. The van der Waals surface area contributed by atoms with Gasteiger partial charge < -0.3 is 10.0 Å². The van der Waals surface area contributed by atoms with Crippen LogP contribution in [-0.4, -0.2) is 33.2 Å². The first kappa shape index (κ1) is 19.7. The van der Waals surface area contributed by atoms with Gasteiger partial charge >= 0.3 is 5.97 Å². The van der Waals surface area contributed by atoms with Crippen LogP contribution in [0.2, 0.25) is 0 Å². The van der Waals surface area contributed by atoms with Crippen LogP contribution in [0.1, 0.15) is 47.2 Å². The molecular weight excluding hydrogens is 389 g/mol. The van der Waals surface area contributed by atoms with E-state index in [1.807, 2.05) is 11.0 Å². The van der Waals surface area contributed by atoms with Gasteiger partial charge in [-0.05, 0) is 42.7 Å². The van der Waals surface area contributed by atoms with Crippen molar-refractivity contribution in [2.75, 3.05) is 0 Å². The average molecular weight is 411 g/mol. The van der Waals surface area contributed by atoms with Crippen LogP contribution in [0.25, 0.3) is 6.08 Å². The van der Waals surface area contributed by atoms with Crippen LogP contribution in [0.15, 0.2) is 53.4 Å². The summed E-state index contributed by atoms with van der Waals surface area (Å²) >= 11 is 1.61. The quantitative estimate of drug-likeness (QED) is 0.723. The van der Waals surface area contributed by atoms with Gasteiger partial charge in [-0.25, -0.2) is 9.18 Å². The molecule has 0 radical (unpaired) electrons. The molecule has 2 aromatic carbocycles. The first-order chi connectivity index (χ1) is 14.0. The molecule has 2 unspecified atom stereocenters. The first-order valence-electron chi connectivity index (χ1n) is 9.79. The summed E-state index contributed by atoms with van der Waals surface area (Å²) in [5.41, 5.74) is 1.52. The molecule has 0 spiro atoms. The molecule has 1 aliphatic carbocycles. The third-order valence-corrected chi connectivity index (χ3v) is 6.97. The summed E-state index contributed by atoms with van der Waals surface area (Å²) in [5, 5.41) is 9.36. The molecule has 0 bridgehead atoms. The molecule has 2 fully saturated rings. The van der Waals surface area contributed by atoms with E-state index in [2.05, 4.69) is 0 Å². The number of hydrogen-bond acceptors (Lipinski definition) is 3. The van der Waals surface area contributed by atoms with E-state index < -0.39 is 5.97 Å². The molecule has 0 aromatic heterocycles. The maximum Gasteiger partial charge on any atom is 0.335 e. The summed E-state index contributed by atoms with van der Waals surface area (Å²) in [6, 6.07) is 13.2. The summed E-state index contributed by atoms with van der Waals surface area (Å²) in [7, 11) is 0. The Morgan fingerprint density at radius 2 is 1.86 bits per heavy atom. The Hall–Kier alpha value is -2.60. The summed E-state index contributed by atoms with van der Waals surface area (Å²) in [4.78, 5) is 26.8. The number of thioether (sulfide) groups is 1. The number of benzene rings is 2. The van der Waals surface area contributed by atoms with Crippen LogP contribution < -0.4 is 0 Å². The summed E-state index contributed by atoms with van der Waals surface area (Å²) in [5.74, 6) is -1.35. The van der Waals surface area contributed by atoms with Crippen molar-refractivity contribution in [1.29, 1.82) is 0 Å². The molecule has 1 saturated carbocycles. The van der Waals surface area contributed by atoms with Gasteiger partial charge in [-0.2, -0.15) is 0 Å². The number of amides is 1. The minimum absolute atomic E-state index is 0.0799. The number of fused-ring (bicyclic) bond motifs is 1.